The second-order valence-corrected chi connectivity index (χ2v) is 5.86. The van der Waals surface area contributed by atoms with E-state index in [0.29, 0.717) is 33.7 Å². The fraction of sp³-hybridized carbons (Fsp3) is 0.125. The van der Waals surface area contributed by atoms with Gasteiger partial charge in [0.15, 0.2) is 16.6 Å². The Bertz CT molecular complexity index is 769. The number of phenolic OH excluding ortho intramolecular Hbond substituents is 1. The number of aromatic hydroxyl groups is 1. The van der Waals surface area contributed by atoms with Crippen molar-refractivity contribution < 1.29 is 9.84 Å². The molecule has 0 spiro atoms. The van der Waals surface area contributed by atoms with Crippen molar-refractivity contribution in [2.75, 3.05) is 11.9 Å². The Morgan fingerprint density at radius 3 is 2.75 bits per heavy atom. The Morgan fingerprint density at radius 1 is 1.29 bits per heavy atom. The molecule has 0 aliphatic carbocycles. The van der Waals surface area contributed by atoms with Gasteiger partial charge in [-0.1, -0.05) is 23.2 Å². The van der Waals surface area contributed by atoms with Gasteiger partial charge in [0.25, 0.3) is 0 Å². The zero-order valence-electron chi connectivity index (χ0n) is 12.7. The second kappa shape index (κ2) is 8.73. The summed E-state index contributed by atoms with van der Waals surface area (Å²) in [7, 11) is 0. The van der Waals surface area contributed by atoms with Gasteiger partial charge in [0.2, 0.25) is 0 Å². The first-order valence-electron chi connectivity index (χ1n) is 7.00. The molecule has 0 aromatic heterocycles. The van der Waals surface area contributed by atoms with E-state index in [0.717, 1.165) is 0 Å². The highest BCUT2D eigenvalue weighted by molar-refractivity contribution is 7.80. The molecule has 0 unspecified atom stereocenters. The first-order chi connectivity index (χ1) is 11.5. The van der Waals surface area contributed by atoms with Crippen LogP contribution in [-0.4, -0.2) is 23.0 Å². The topological polar surface area (TPSA) is 65.9 Å². The normalized spacial score (nSPS) is 10.6. The van der Waals surface area contributed by atoms with Gasteiger partial charge in [-0.3, -0.25) is 5.43 Å². The molecule has 0 radical (unpaired) electrons. The van der Waals surface area contributed by atoms with E-state index in [9.17, 15) is 5.11 Å². The average molecular weight is 384 g/mol. The zero-order valence-corrected chi connectivity index (χ0v) is 15.0. The summed E-state index contributed by atoms with van der Waals surface area (Å²) in [5, 5.41) is 18.0. The average Bonchev–Trinajstić information content (AvgIpc) is 2.53. The van der Waals surface area contributed by atoms with E-state index in [1.54, 1.807) is 36.4 Å². The molecular formula is C16H15Cl2N3O2S. The molecule has 0 aliphatic heterocycles. The molecule has 0 saturated heterocycles. The van der Waals surface area contributed by atoms with Crippen LogP contribution in [0, 0.1) is 0 Å². The van der Waals surface area contributed by atoms with E-state index in [1.807, 2.05) is 6.92 Å². The highest BCUT2D eigenvalue weighted by Gasteiger charge is 2.04. The Balaban J connectivity index is 1.93. The van der Waals surface area contributed by atoms with Gasteiger partial charge in [0, 0.05) is 5.02 Å². The predicted octanol–water partition coefficient (Wildman–Crippen LogP) is 4.42. The van der Waals surface area contributed by atoms with Crippen molar-refractivity contribution in [3.8, 4) is 11.5 Å². The molecule has 126 valence electrons. The summed E-state index contributed by atoms with van der Waals surface area (Å²) in [5.41, 5.74) is 3.97. The number of hydrogen-bond acceptors (Lipinski definition) is 4. The van der Waals surface area contributed by atoms with Gasteiger partial charge in [-0.05, 0) is 61.1 Å². The van der Waals surface area contributed by atoms with Crippen molar-refractivity contribution in [1.29, 1.82) is 0 Å². The molecule has 0 heterocycles. The third-order valence-electron chi connectivity index (χ3n) is 2.84. The lowest BCUT2D eigenvalue weighted by atomic mass is 10.2. The van der Waals surface area contributed by atoms with Crippen LogP contribution in [0.25, 0.3) is 0 Å². The molecule has 3 N–H and O–H groups in total. The summed E-state index contributed by atoms with van der Waals surface area (Å²) in [5.74, 6) is 0.478. The van der Waals surface area contributed by atoms with Crippen molar-refractivity contribution in [1.82, 2.24) is 5.43 Å². The van der Waals surface area contributed by atoms with Crippen LogP contribution in [-0.2, 0) is 0 Å². The fourth-order valence-electron chi connectivity index (χ4n) is 1.80. The monoisotopic (exact) mass is 383 g/mol. The van der Waals surface area contributed by atoms with Gasteiger partial charge in [-0.25, -0.2) is 0 Å². The van der Waals surface area contributed by atoms with Gasteiger partial charge < -0.3 is 15.2 Å². The highest BCUT2D eigenvalue weighted by Crippen LogP contribution is 2.26. The lowest BCUT2D eigenvalue weighted by molar-refractivity contribution is 0.318. The number of benzene rings is 2. The number of anilines is 1. The number of rotatable bonds is 5. The number of hydrazone groups is 1. The molecule has 2 aromatic rings. The van der Waals surface area contributed by atoms with E-state index < -0.39 is 0 Å². The van der Waals surface area contributed by atoms with E-state index in [1.165, 1.54) is 6.21 Å². The van der Waals surface area contributed by atoms with Crippen LogP contribution in [0.5, 0.6) is 11.5 Å². The summed E-state index contributed by atoms with van der Waals surface area (Å²) < 4.78 is 5.26. The molecule has 0 atom stereocenters. The van der Waals surface area contributed by atoms with Crippen molar-refractivity contribution in [2.24, 2.45) is 5.10 Å². The maximum absolute atomic E-state index is 9.81. The minimum atomic E-state index is 0.0504. The lowest BCUT2D eigenvalue weighted by Crippen LogP contribution is -2.24. The van der Waals surface area contributed by atoms with E-state index >= 15 is 0 Å². The summed E-state index contributed by atoms with van der Waals surface area (Å²) in [4.78, 5) is 0. The first-order valence-corrected chi connectivity index (χ1v) is 8.17. The highest BCUT2D eigenvalue weighted by atomic mass is 35.5. The molecule has 8 heteroatoms. The van der Waals surface area contributed by atoms with Crippen molar-refractivity contribution in [3.05, 3.63) is 52.0 Å². The molecule has 0 amide bonds. The number of nitrogens with zero attached hydrogens (tertiary/aromatic N) is 1. The number of phenols is 1. The number of hydrogen-bond donors (Lipinski definition) is 3. The zero-order chi connectivity index (χ0) is 17.5. The van der Waals surface area contributed by atoms with Gasteiger partial charge in [-0.15, -0.1) is 0 Å². The summed E-state index contributed by atoms with van der Waals surface area (Å²) in [6.07, 6.45) is 1.52. The number of thiocarbonyl (C=S) groups is 1. The van der Waals surface area contributed by atoms with Gasteiger partial charge in [0.1, 0.15) is 0 Å². The van der Waals surface area contributed by atoms with Crippen LogP contribution < -0.4 is 15.5 Å². The first kappa shape index (κ1) is 18.3. The molecule has 2 aromatic carbocycles. The number of halogens is 2. The maximum atomic E-state index is 9.81. The van der Waals surface area contributed by atoms with Crippen LogP contribution in [0.1, 0.15) is 12.5 Å². The second-order valence-electron chi connectivity index (χ2n) is 4.61. The standard InChI is InChI=1S/C16H15Cl2N3O2S/c1-2-23-15-6-3-10(7-14(15)22)9-19-21-16(24)20-13-5-4-11(17)8-12(13)18/h3-9,22H,2H2,1H3,(H2,20,21,24)/b19-9-. The van der Waals surface area contributed by atoms with Gasteiger partial charge in [-0.2, -0.15) is 5.10 Å². The Hall–Kier alpha value is -2.02. The van der Waals surface area contributed by atoms with Crippen molar-refractivity contribution >= 4 is 52.4 Å². The van der Waals surface area contributed by atoms with Gasteiger partial charge in [0.05, 0.1) is 23.5 Å². The molecule has 2 rings (SSSR count). The number of nitrogens with one attached hydrogen (secondary N) is 2. The molecular weight excluding hydrogens is 369 g/mol. The fourth-order valence-corrected chi connectivity index (χ4v) is 2.42. The summed E-state index contributed by atoms with van der Waals surface area (Å²) in [6.45, 7) is 2.33. The van der Waals surface area contributed by atoms with Crippen LogP contribution >= 0.6 is 35.4 Å². The molecule has 24 heavy (non-hydrogen) atoms. The van der Waals surface area contributed by atoms with Crippen LogP contribution in [0.15, 0.2) is 41.5 Å². The Kier molecular flexibility index (Phi) is 6.66. The van der Waals surface area contributed by atoms with Crippen LogP contribution in [0.3, 0.4) is 0 Å². The molecule has 5 nitrogen and oxygen atoms in total. The van der Waals surface area contributed by atoms with E-state index in [4.69, 9.17) is 40.2 Å². The van der Waals surface area contributed by atoms with Crippen molar-refractivity contribution in [2.45, 2.75) is 6.92 Å². The Labute approximate surface area is 155 Å². The number of ether oxygens (including phenoxy) is 1. The van der Waals surface area contributed by atoms with E-state index in [2.05, 4.69) is 15.8 Å². The minimum absolute atomic E-state index is 0.0504. The summed E-state index contributed by atoms with van der Waals surface area (Å²) >= 11 is 17.0. The molecule has 0 saturated carbocycles. The largest absolute Gasteiger partial charge is 0.504 e. The molecule has 0 aliphatic rings. The molecule has 0 bridgehead atoms. The van der Waals surface area contributed by atoms with Crippen LogP contribution in [0.2, 0.25) is 10.0 Å². The van der Waals surface area contributed by atoms with Crippen molar-refractivity contribution in [3.63, 3.8) is 0 Å². The summed E-state index contributed by atoms with van der Waals surface area (Å²) in [6, 6.07) is 10.0. The minimum Gasteiger partial charge on any atom is -0.504 e. The predicted molar refractivity (Wildman–Crippen MR) is 103 cm³/mol. The third kappa shape index (κ3) is 5.26. The Morgan fingerprint density at radius 2 is 2.08 bits per heavy atom. The third-order valence-corrected chi connectivity index (χ3v) is 3.58. The smallest absolute Gasteiger partial charge is 0.191 e. The quantitative estimate of drug-likeness (QED) is 0.405. The maximum Gasteiger partial charge on any atom is 0.191 e. The molecule has 0 fully saturated rings. The van der Waals surface area contributed by atoms with Gasteiger partial charge >= 0.3 is 0 Å². The lowest BCUT2D eigenvalue weighted by Gasteiger charge is -2.09. The SMILES string of the molecule is CCOc1ccc(/C=N\NC(=S)Nc2ccc(Cl)cc2Cl)cc1O. The van der Waals surface area contributed by atoms with E-state index in [-0.39, 0.29) is 10.9 Å². The van der Waals surface area contributed by atoms with Crippen LogP contribution in [0.4, 0.5) is 5.69 Å².